The summed E-state index contributed by atoms with van der Waals surface area (Å²) in [5.74, 6) is -0.205. The fourth-order valence-electron chi connectivity index (χ4n) is 1.36. The van der Waals surface area contributed by atoms with Gasteiger partial charge in [0, 0.05) is 12.6 Å². The van der Waals surface area contributed by atoms with E-state index in [1.165, 1.54) is 0 Å². The Labute approximate surface area is 89.6 Å². The molecule has 0 saturated carbocycles. The van der Waals surface area contributed by atoms with Gasteiger partial charge in [0.1, 0.15) is 0 Å². The van der Waals surface area contributed by atoms with Crippen LogP contribution in [0.5, 0.6) is 0 Å². The molecule has 81 valence electrons. The molecule has 1 atom stereocenters. The highest BCUT2D eigenvalue weighted by Crippen LogP contribution is 2.02. The first-order chi connectivity index (χ1) is 7.26. The molecule has 0 bridgehead atoms. The Balaban J connectivity index is 2.50. The van der Waals surface area contributed by atoms with E-state index >= 15 is 0 Å². The van der Waals surface area contributed by atoms with Gasteiger partial charge in [-0.25, -0.2) is 0 Å². The van der Waals surface area contributed by atoms with Crippen molar-refractivity contribution in [3.8, 4) is 0 Å². The molecule has 0 heterocycles. The highest BCUT2D eigenvalue weighted by molar-refractivity contribution is 5.78. The van der Waals surface area contributed by atoms with Crippen LogP contribution in [0.15, 0.2) is 30.3 Å². The summed E-state index contributed by atoms with van der Waals surface area (Å²) < 4.78 is 0. The summed E-state index contributed by atoms with van der Waals surface area (Å²) in [5, 5.41) is 2.71. The molecule has 1 aromatic rings. The van der Waals surface area contributed by atoms with Gasteiger partial charge in [0.05, 0.1) is 6.54 Å². The van der Waals surface area contributed by atoms with E-state index in [1.807, 2.05) is 30.3 Å². The van der Waals surface area contributed by atoms with Gasteiger partial charge >= 0.3 is 0 Å². The normalized spacial score (nSPS) is 12.1. The average Bonchev–Trinajstić information content (AvgIpc) is 2.29. The number of rotatable bonds is 5. The predicted octanol–water partition coefficient (Wildman–Crippen LogP) is -0.0445. The van der Waals surface area contributed by atoms with Crippen molar-refractivity contribution in [2.24, 2.45) is 5.73 Å². The summed E-state index contributed by atoms with van der Waals surface area (Å²) >= 11 is 0. The molecule has 0 aromatic heterocycles. The maximum Gasteiger partial charge on any atom is 0.234 e. The molecule has 1 aromatic carbocycles. The second-order valence-corrected chi connectivity index (χ2v) is 3.36. The van der Waals surface area contributed by atoms with Crippen LogP contribution in [0.25, 0.3) is 0 Å². The number of hydrogen-bond donors (Lipinski definition) is 2. The Morgan fingerprint density at radius 3 is 2.60 bits per heavy atom. The number of hydrogen-bond acceptors (Lipinski definition) is 2. The van der Waals surface area contributed by atoms with Crippen LogP contribution < -0.4 is 16.8 Å². The summed E-state index contributed by atoms with van der Waals surface area (Å²) in [7, 11) is 0. The first-order valence-corrected chi connectivity index (χ1v) is 4.94. The monoisotopic (exact) mass is 206 g/mol. The van der Waals surface area contributed by atoms with E-state index in [0.717, 1.165) is 5.56 Å². The lowest BCUT2D eigenvalue weighted by atomic mass is 10.1. The molecule has 0 spiro atoms. The fraction of sp³-hybridized carbons (Fsp3) is 0.364. The second kappa shape index (κ2) is 6.16. The molecule has 1 radical (unpaired) electrons. The van der Waals surface area contributed by atoms with Crippen molar-refractivity contribution in [3.63, 3.8) is 0 Å². The average molecular weight is 206 g/mol. The van der Waals surface area contributed by atoms with Gasteiger partial charge in [-0.05, 0) is 12.0 Å². The van der Waals surface area contributed by atoms with Gasteiger partial charge in [0.2, 0.25) is 5.91 Å². The van der Waals surface area contributed by atoms with E-state index in [2.05, 4.69) is 5.32 Å². The van der Waals surface area contributed by atoms with Crippen LogP contribution in [0.3, 0.4) is 0 Å². The standard InChI is InChI=1S/C11H16N3O/c12-7-10(14-11(15)8-13)6-9-4-2-1-3-5-9/h1-5,10,12H,6-8,13H2,(H,14,15)/t10-/m0/s1. The van der Waals surface area contributed by atoms with Gasteiger partial charge in [-0.2, -0.15) is 0 Å². The van der Waals surface area contributed by atoms with Gasteiger partial charge in [-0.3, -0.25) is 10.5 Å². The lowest BCUT2D eigenvalue weighted by Crippen LogP contribution is -2.42. The second-order valence-electron chi connectivity index (χ2n) is 3.36. The van der Waals surface area contributed by atoms with E-state index in [0.29, 0.717) is 6.42 Å². The van der Waals surface area contributed by atoms with Gasteiger partial charge < -0.3 is 11.1 Å². The highest BCUT2D eigenvalue weighted by Gasteiger charge is 2.09. The molecular formula is C11H16N3O. The van der Waals surface area contributed by atoms with Crippen molar-refractivity contribution in [1.82, 2.24) is 11.1 Å². The molecule has 15 heavy (non-hydrogen) atoms. The Kier molecular flexibility index (Phi) is 4.80. The molecule has 4 N–H and O–H groups in total. The lowest BCUT2D eigenvalue weighted by Gasteiger charge is -2.15. The zero-order valence-corrected chi connectivity index (χ0v) is 8.57. The number of carbonyl (C=O) groups excluding carboxylic acids is 1. The Bertz CT molecular complexity index is 300. The predicted molar refractivity (Wildman–Crippen MR) is 59.1 cm³/mol. The molecule has 0 aliphatic heterocycles. The third-order valence-electron chi connectivity index (χ3n) is 2.12. The summed E-state index contributed by atoms with van der Waals surface area (Å²) in [5.41, 5.74) is 13.6. The molecule has 0 aliphatic carbocycles. The molecule has 0 saturated heterocycles. The first kappa shape index (κ1) is 11.7. The van der Waals surface area contributed by atoms with Crippen molar-refractivity contribution in [2.75, 3.05) is 13.1 Å². The van der Waals surface area contributed by atoms with Crippen molar-refractivity contribution in [1.29, 1.82) is 0 Å². The van der Waals surface area contributed by atoms with Gasteiger partial charge in [0.15, 0.2) is 0 Å². The maximum absolute atomic E-state index is 11.1. The Hall–Kier alpha value is -1.39. The number of nitrogens with one attached hydrogen (secondary N) is 2. The van der Waals surface area contributed by atoms with Gasteiger partial charge in [0.25, 0.3) is 0 Å². The number of amides is 1. The van der Waals surface area contributed by atoms with E-state index in [1.54, 1.807) is 0 Å². The van der Waals surface area contributed by atoms with E-state index < -0.39 is 0 Å². The number of nitrogens with two attached hydrogens (primary N) is 1. The van der Waals surface area contributed by atoms with Crippen LogP contribution in [0.1, 0.15) is 5.56 Å². The van der Waals surface area contributed by atoms with E-state index in [9.17, 15) is 4.79 Å². The van der Waals surface area contributed by atoms with Crippen LogP contribution in [0, 0.1) is 0 Å². The minimum atomic E-state index is -0.205. The van der Waals surface area contributed by atoms with Crippen LogP contribution in [0.4, 0.5) is 0 Å². The van der Waals surface area contributed by atoms with Crippen LogP contribution in [-0.4, -0.2) is 25.0 Å². The maximum atomic E-state index is 11.1. The quantitative estimate of drug-likeness (QED) is 0.708. The smallest absolute Gasteiger partial charge is 0.234 e. The van der Waals surface area contributed by atoms with Crippen LogP contribution in [0.2, 0.25) is 0 Å². The number of benzene rings is 1. The van der Waals surface area contributed by atoms with Gasteiger partial charge in [-0.15, -0.1) is 0 Å². The van der Waals surface area contributed by atoms with Crippen molar-refractivity contribution in [3.05, 3.63) is 35.9 Å². The molecule has 1 amide bonds. The minimum Gasteiger partial charge on any atom is -0.351 e. The molecule has 0 fully saturated rings. The topological polar surface area (TPSA) is 78.9 Å². The summed E-state index contributed by atoms with van der Waals surface area (Å²) in [6.45, 7) is 0.145. The van der Waals surface area contributed by atoms with Crippen molar-refractivity contribution in [2.45, 2.75) is 12.5 Å². The molecular weight excluding hydrogens is 190 g/mol. The van der Waals surface area contributed by atoms with E-state index in [4.69, 9.17) is 11.5 Å². The molecule has 4 nitrogen and oxygen atoms in total. The molecule has 0 aliphatic rings. The summed E-state index contributed by atoms with van der Waals surface area (Å²) in [6, 6.07) is 9.65. The SMILES string of the molecule is [NH]C[C@H](Cc1ccccc1)NC(=O)CN. The highest BCUT2D eigenvalue weighted by atomic mass is 16.1. The molecule has 1 rings (SSSR count). The summed E-state index contributed by atoms with van der Waals surface area (Å²) in [4.78, 5) is 11.1. The third-order valence-corrected chi connectivity index (χ3v) is 2.12. The molecule has 4 heteroatoms. The zero-order chi connectivity index (χ0) is 11.1. The minimum absolute atomic E-state index is 0.0225. The van der Waals surface area contributed by atoms with Crippen molar-refractivity contribution < 1.29 is 4.79 Å². The van der Waals surface area contributed by atoms with E-state index in [-0.39, 0.29) is 25.0 Å². The van der Waals surface area contributed by atoms with Crippen molar-refractivity contribution >= 4 is 5.91 Å². The molecule has 0 unspecified atom stereocenters. The third kappa shape index (κ3) is 4.10. The fourth-order valence-corrected chi connectivity index (χ4v) is 1.36. The number of carbonyl (C=O) groups is 1. The Morgan fingerprint density at radius 1 is 1.40 bits per heavy atom. The summed E-state index contributed by atoms with van der Waals surface area (Å²) in [6.07, 6.45) is 0.677. The van der Waals surface area contributed by atoms with Crippen LogP contribution >= 0.6 is 0 Å². The lowest BCUT2D eigenvalue weighted by molar-refractivity contribution is -0.120. The largest absolute Gasteiger partial charge is 0.351 e. The van der Waals surface area contributed by atoms with Crippen LogP contribution in [-0.2, 0) is 11.2 Å². The first-order valence-electron chi connectivity index (χ1n) is 4.94. The van der Waals surface area contributed by atoms with Gasteiger partial charge in [-0.1, -0.05) is 30.3 Å². The Morgan fingerprint density at radius 2 is 2.07 bits per heavy atom. The zero-order valence-electron chi connectivity index (χ0n) is 8.57.